The molecule has 2 heteroatoms. The molecule has 76 valence electrons. The van der Waals surface area contributed by atoms with Gasteiger partial charge in [0, 0.05) is 6.61 Å². The topological polar surface area (TPSA) is 40.5 Å². The summed E-state index contributed by atoms with van der Waals surface area (Å²) in [5.74, 6) is 1.69. The van der Waals surface area contributed by atoms with Crippen molar-refractivity contribution in [1.82, 2.24) is 0 Å². The zero-order valence-corrected chi connectivity index (χ0v) is 8.37. The van der Waals surface area contributed by atoms with Gasteiger partial charge in [-0.1, -0.05) is 6.92 Å². The molecule has 0 spiro atoms. The Morgan fingerprint density at radius 2 is 2.00 bits per heavy atom. The largest absolute Gasteiger partial charge is 0.396 e. The van der Waals surface area contributed by atoms with E-state index in [4.69, 9.17) is 5.11 Å². The summed E-state index contributed by atoms with van der Waals surface area (Å²) in [4.78, 5) is 0. The normalized spacial score (nSPS) is 50.5. The van der Waals surface area contributed by atoms with E-state index in [9.17, 15) is 5.11 Å². The van der Waals surface area contributed by atoms with Crippen LogP contribution in [0.2, 0.25) is 0 Å². The van der Waals surface area contributed by atoms with E-state index < -0.39 is 5.60 Å². The van der Waals surface area contributed by atoms with Crippen LogP contribution in [-0.2, 0) is 0 Å². The van der Waals surface area contributed by atoms with E-state index >= 15 is 0 Å². The molecule has 2 saturated carbocycles. The molecule has 2 rings (SSSR count). The predicted octanol–water partition coefficient (Wildman–Crippen LogP) is 1.56. The Balaban J connectivity index is 2.08. The van der Waals surface area contributed by atoms with Gasteiger partial charge in [-0.05, 0) is 49.9 Å². The van der Waals surface area contributed by atoms with Crippen LogP contribution in [0.3, 0.4) is 0 Å². The van der Waals surface area contributed by atoms with Crippen molar-refractivity contribution < 1.29 is 10.2 Å². The first-order chi connectivity index (χ1) is 6.11. The van der Waals surface area contributed by atoms with Crippen molar-refractivity contribution in [2.45, 2.75) is 44.6 Å². The van der Waals surface area contributed by atoms with Crippen molar-refractivity contribution in [1.29, 1.82) is 0 Å². The van der Waals surface area contributed by atoms with Crippen LogP contribution in [0.25, 0.3) is 0 Å². The molecule has 0 aliphatic heterocycles. The molecule has 0 aromatic rings. The van der Waals surface area contributed by atoms with Crippen molar-refractivity contribution in [3.63, 3.8) is 0 Å². The van der Waals surface area contributed by atoms with E-state index in [1.165, 1.54) is 6.42 Å². The van der Waals surface area contributed by atoms with E-state index in [0.717, 1.165) is 25.7 Å². The molecule has 2 bridgehead atoms. The molecule has 4 unspecified atom stereocenters. The highest BCUT2D eigenvalue weighted by Crippen LogP contribution is 2.47. The molecule has 13 heavy (non-hydrogen) atoms. The fourth-order valence-electron chi connectivity index (χ4n) is 3.58. The SMILES string of the molecule is CC1CC2CC(CO)CC(O)(C1)C2. The highest BCUT2D eigenvalue weighted by Gasteiger charge is 2.43. The second kappa shape index (κ2) is 3.25. The molecule has 2 nitrogen and oxygen atoms in total. The minimum atomic E-state index is -0.437. The fourth-order valence-corrected chi connectivity index (χ4v) is 3.58. The Labute approximate surface area is 80.0 Å². The zero-order valence-electron chi connectivity index (χ0n) is 8.37. The van der Waals surface area contributed by atoms with Crippen LogP contribution >= 0.6 is 0 Å². The number of rotatable bonds is 1. The van der Waals surface area contributed by atoms with Gasteiger partial charge in [-0.15, -0.1) is 0 Å². The molecule has 0 radical (unpaired) electrons. The second-order valence-electron chi connectivity index (χ2n) is 5.33. The molecule has 0 heterocycles. The first kappa shape index (κ1) is 9.47. The number of hydrogen-bond donors (Lipinski definition) is 2. The van der Waals surface area contributed by atoms with Gasteiger partial charge in [0.2, 0.25) is 0 Å². The van der Waals surface area contributed by atoms with E-state index in [1.54, 1.807) is 0 Å². The van der Waals surface area contributed by atoms with Crippen molar-refractivity contribution in [2.24, 2.45) is 17.8 Å². The molecule has 0 saturated heterocycles. The van der Waals surface area contributed by atoms with Gasteiger partial charge >= 0.3 is 0 Å². The Hall–Kier alpha value is -0.0800. The smallest absolute Gasteiger partial charge is 0.0656 e. The molecule has 2 fully saturated rings. The van der Waals surface area contributed by atoms with Crippen molar-refractivity contribution in [3.8, 4) is 0 Å². The second-order valence-corrected chi connectivity index (χ2v) is 5.33. The summed E-state index contributed by atoms with van der Waals surface area (Å²) < 4.78 is 0. The first-order valence-corrected chi connectivity index (χ1v) is 5.44. The maximum atomic E-state index is 10.3. The van der Waals surface area contributed by atoms with Gasteiger partial charge in [-0.3, -0.25) is 0 Å². The zero-order chi connectivity index (χ0) is 9.47. The summed E-state index contributed by atoms with van der Waals surface area (Å²) in [6, 6.07) is 0. The number of hydrogen-bond acceptors (Lipinski definition) is 2. The number of aliphatic hydroxyl groups excluding tert-OH is 1. The maximum absolute atomic E-state index is 10.3. The molecule has 0 aromatic carbocycles. The first-order valence-electron chi connectivity index (χ1n) is 5.44. The van der Waals surface area contributed by atoms with Crippen LogP contribution < -0.4 is 0 Å². The minimum Gasteiger partial charge on any atom is -0.396 e. The lowest BCUT2D eigenvalue weighted by Gasteiger charge is -2.47. The van der Waals surface area contributed by atoms with Gasteiger partial charge in [0.25, 0.3) is 0 Å². The standard InChI is InChI=1S/C11H20O2/c1-8-2-9-3-10(7-12)6-11(13,4-8)5-9/h8-10,12-13H,2-7H2,1H3. The molecule has 2 aliphatic rings. The van der Waals surface area contributed by atoms with Gasteiger partial charge in [-0.2, -0.15) is 0 Å². The molecule has 0 aromatic heterocycles. The van der Waals surface area contributed by atoms with Crippen molar-refractivity contribution in [3.05, 3.63) is 0 Å². The predicted molar refractivity (Wildman–Crippen MR) is 51.3 cm³/mol. The Kier molecular flexibility index (Phi) is 2.37. The van der Waals surface area contributed by atoms with Crippen LogP contribution in [0, 0.1) is 17.8 Å². The third-order valence-corrected chi connectivity index (χ3v) is 3.73. The Morgan fingerprint density at radius 1 is 1.23 bits per heavy atom. The van der Waals surface area contributed by atoms with Gasteiger partial charge < -0.3 is 10.2 Å². The van der Waals surface area contributed by atoms with E-state index in [2.05, 4.69) is 6.92 Å². The summed E-state index contributed by atoms with van der Waals surface area (Å²) in [6.45, 7) is 2.49. The summed E-state index contributed by atoms with van der Waals surface area (Å²) in [6.07, 6.45) is 5.13. The third kappa shape index (κ3) is 1.89. The average Bonchev–Trinajstić information content (AvgIpc) is 1.99. The number of fused-ring (bicyclic) bond motifs is 2. The van der Waals surface area contributed by atoms with Crippen molar-refractivity contribution in [2.75, 3.05) is 6.61 Å². The van der Waals surface area contributed by atoms with Gasteiger partial charge in [0.15, 0.2) is 0 Å². The Bertz CT molecular complexity index is 189. The quantitative estimate of drug-likeness (QED) is 0.649. The van der Waals surface area contributed by atoms with Crippen LogP contribution in [-0.4, -0.2) is 22.4 Å². The molecule has 2 aliphatic carbocycles. The van der Waals surface area contributed by atoms with E-state index in [-0.39, 0.29) is 6.61 Å². The monoisotopic (exact) mass is 184 g/mol. The summed E-state index contributed by atoms with van der Waals surface area (Å²) in [7, 11) is 0. The highest BCUT2D eigenvalue weighted by molar-refractivity contribution is 4.95. The van der Waals surface area contributed by atoms with Gasteiger partial charge in [0.05, 0.1) is 5.60 Å². The maximum Gasteiger partial charge on any atom is 0.0656 e. The molecular formula is C11H20O2. The molecule has 2 N–H and O–H groups in total. The van der Waals surface area contributed by atoms with E-state index in [1.807, 2.05) is 0 Å². The molecule has 0 amide bonds. The van der Waals surface area contributed by atoms with Crippen LogP contribution in [0.1, 0.15) is 39.0 Å². The lowest BCUT2D eigenvalue weighted by atomic mass is 9.63. The summed E-state index contributed by atoms with van der Waals surface area (Å²) >= 11 is 0. The lowest BCUT2D eigenvalue weighted by Crippen LogP contribution is -2.45. The molecular weight excluding hydrogens is 164 g/mol. The summed E-state index contributed by atoms with van der Waals surface area (Å²) in [5.41, 5.74) is -0.437. The average molecular weight is 184 g/mol. The Morgan fingerprint density at radius 3 is 2.62 bits per heavy atom. The third-order valence-electron chi connectivity index (χ3n) is 3.73. The fraction of sp³-hybridized carbons (Fsp3) is 1.00. The molecule has 4 atom stereocenters. The van der Waals surface area contributed by atoms with Crippen molar-refractivity contribution >= 4 is 0 Å². The van der Waals surface area contributed by atoms with Crippen LogP contribution in [0.5, 0.6) is 0 Å². The summed E-state index contributed by atoms with van der Waals surface area (Å²) in [5, 5.41) is 19.4. The van der Waals surface area contributed by atoms with Gasteiger partial charge in [-0.25, -0.2) is 0 Å². The highest BCUT2D eigenvalue weighted by atomic mass is 16.3. The lowest BCUT2D eigenvalue weighted by molar-refractivity contribution is -0.0898. The minimum absolute atomic E-state index is 0.257. The number of aliphatic hydroxyl groups is 2. The van der Waals surface area contributed by atoms with Crippen LogP contribution in [0.15, 0.2) is 0 Å². The van der Waals surface area contributed by atoms with E-state index in [0.29, 0.717) is 17.8 Å². The van der Waals surface area contributed by atoms with Gasteiger partial charge in [0.1, 0.15) is 0 Å². The van der Waals surface area contributed by atoms with Crippen LogP contribution in [0.4, 0.5) is 0 Å².